The van der Waals surface area contributed by atoms with E-state index in [4.69, 9.17) is 4.74 Å². The fraction of sp³-hybridized carbons (Fsp3) is 0.389. The molecule has 0 atom stereocenters. The molecule has 138 valence electrons. The van der Waals surface area contributed by atoms with Crippen LogP contribution in [0.2, 0.25) is 0 Å². The van der Waals surface area contributed by atoms with Gasteiger partial charge in [-0.25, -0.2) is 4.68 Å². The van der Waals surface area contributed by atoms with Crippen molar-refractivity contribution in [2.75, 3.05) is 27.2 Å². The number of hydrogen-bond donors (Lipinski definition) is 2. The van der Waals surface area contributed by atoms with Gasteiger partial charge in [0.05, 0.1) is 6.61 Å². The van der Waals surface area contributed by atoms with Gasteiger partial charge in [0.25, 0.3) is 11.6 Å². The Hall–Kier alpha value is -2.87. The summed E-state index contributed by atoms with van der Waals surface area (Å²) in [6, 6.07) is 3.75. The van der Waals surface area contributed by atoms with E-state index in [9.17, 15) is 9.90 Å². The quantitative estimate of drug-likeness (QED) is 0.653. The predicted molar refractivity (Wildman–Crippen MR) is 99.3 cm³/mol. The number of fused-ring (bicyclic) bond motifs is 1. The number of nitrogens with one attached hydrogen (secondary N) is 1. The van der Waals surface area contributed by atoms with Crippen LogP contribution in [0.15, 0.2) is 23.1 Å². The molecule has 26 heavy (non-hydrogen) atoms. The number of aryl methyl sites for hydroxylation is 2. The molecular formula is C18H23N5O3. The van der Waals surface area contributed by atoms with Crippen molar-refractivity contribution in [3.8, 4) is 17.4 Å². The molecule has 0 saturated heterocycles. The molecule has 0 aliphatic heterocycles. The maximum Gasteiger partial charge on any atom is 0.298 e. The number of aromatic amines is 1. The molecule has 3 aromatic rings. The average molecular weight is 357 g/mol. The second-order valence-electron chi connectivity index (χ2n) is 6.64. The van der Waals surface area contributed by atoms with Gasteiger partial charge in [0.15, 0.2) is 5.65 Å². The van der Waals surface area contributed by atoms with E-state index in [1.807, 2.05) is 34.0 Å². The summed E-state index contributed by atoms with van der Waals surface area (Å²) in [6.45, 7) is 5.12. The molecule has 0 unspecified atom stereocenters. The van der Waals surface area contributed by atoms with Crippen LogP contribution >= 0.6 is 0 Å². The zero-order valence-corrected chi connectivity index (χ0v) is 15.4. The number of ether oxygens (including phenoxy) is 1. The van der Waals surface area contributed by atoms with Gasteiger partial charge < -0.3 is 14.7 Å². The van der Waals surface area contributed by atoms with E-state index in [1.165, 1.54) is 4.68 Å². The molecule has 0 bridgehead atoms. The summed E-state index contributed by atoms with van der Waals surface area (Å²) in [5.74, 6) is 0.104. The molecule has 2 heterocycles. The van der Waals surface area contributed by atoms with E-state index in [1.54, 1.807) is 12.3 Å². The minimum absolute atomic E-state index is 0.104. The molecule has 8 nitrogen and oxygen atoms in total. The molecule has 1 aromatic carbocycles. The van der Waals surface area contributed by atoms with Crippen LogP contribution in [0.25, 0.3) is 16.7 Å². The lowest BCUT2D eigenvalue weighted by molar-refractivity contribution is 0.264. The Kier molecular flexibility index (Phi) is 4.94. The summed E-state index contributed by atoms with van der Waals surface area (Å²) >= 11 is 0. The first-order chi connectivity index (χ1) is 12.3. The number of aromatic nitrogens is 4. The van der Waals surface area contributed by atoms with Crippen LogP contribution in [-0.2, 0) is 0 Å². The normalized spacial score (nSPS) is 11.4. The van der Waals surface area contributed by atoms with Crippen molar-refractivity contribution in [3.05, 3.63) is 39.8 Å². The number of aromatic hydroxyl groups is 1. The number of phenols is 1. The third-order valence-corrected chi connectivity index (χ3v) is 4.01. The third kappa shape index (κ3) is 3.70. The molecule has 3 rings (SSSR count). The van der Waals surface area contributed by atoms with Gasteiger partial charge in [0.1, 0.15) is 16.8 Å². The van der Waals surface area contributed by atoms with E-state index in [0.29, 0.717) is 17.7 Å². The Labute approximate surface area is 151 Å². The second kappa shape index (κ2) is 7.17. The number of phenolic OH excluding ortho intramolecular Hbond substituents is 1. The lowest BCUT2D eigenvalue weighted by Gasteiger charge is -2.09. The monoisotopic (exact) mass is 357 g/mol. The molecular weight excluding hydrogens is 334 g/mol. The number of rotatable bonds is 6. The van der Waals surface area contributed by atoms with E-state index in [-0.39, 0.29) is 23.0 Å². The van der Waals surface area contributed by atoms with Crippen LogP contribution < -0.4 is 10.3 Å². The Bertz CT molecular complexity index is 967. The maximum absolute atomic E-state index is 12.3. The first kappa shape index (κ1) is 17.9. The third-order valence-electron chi connectivity index (χ3n) is 4.01. The number of nitrogens with zero attached hydrogens (tertiary/aromatic N) is 4. The number of H-pyrrole nitrogens is 1. The molecule has 0 aliphatic carbocycles. The smallest absolute Gasteiger partial charge is 0.298 e. The van der Waals surface area contributed by atoms with E-state index >= 15 is 0 Å². The van der Waals surface area contributed by atoms with Gasteiger partial charge in [-0.1, -0.05) is 6.07 Å². The van der Waals surface area contributed by atoms with Gasteiger partial charge in [-0.15, -0.1) is 5.10 Å². The fourth-order valence-electron chi connectivity index (χ4n) is 2.86. The van der Waals surface area contributed by atoms with Crippen molar-refractivity contribution in [2.24, 2.45) is 0 Å². The summed E-state index contributed by atoms with van der Waals surface area (Å²) in [5.41, 5.74) is 2.28. The van der Waals surface area contributed by atoms with Crippen LogP contribution in [0.4, 0.5) is 0 Å². The fourth-order valence-corrected chi connectivity index (χ4v) is 2.86. The average Bonchev–Trinajstić information content (AvgIpc) is 2.94. The minimum Gasteiger partial charge on any atom is -0.506 e. The minimum atomic E-state index is -0.326. The first-order valence-corrected chi connectivity index (χ1v) is 8.43. The van der Waals surface area contributed by atoms with Gasteiger partial charge in [-0.2, -0.15) is 4.98 Å². The molecule has 2 aromatic heterocycles. The molecule has 0 fully saturated rings. The summed E-state index contributed by atoms with van der Waals surface area (Å²) in [4.78, 5) is 21.3. The second-order valence-corrected chi connectivity index (χ2v) is 6.64. The van der Waals surface area contributed by atoms with Crippen LogP contribution in [0, 0.1) is 13.8 Å². The van der Waals surface area contributed by atoms with E-state index < -0.39 is 0 Å². The van der Waals surface area contributed by atoms with Crippen LogP contribution in [0.5, 0.6) is 11.8 Å². The van der Waals surface area contributed by atoms with Crippen LogP contribution in [0.1, 0.15) is 17.5 Å². The SMILES string of the molecule is Cc1cc(C)c(-n2cc3c(=O)[nH]c(OCCCN(C)C)nc3n2)c(O)c1. The molecule has 0 radical (unpaired) electrons. The highest BCUT2D eigenvalue weighted by Crippen LogP contribution is 2.27. The zero-order chi connectivity index (χ0) is 18.8. The first-order valence-electron chi connectivity index (χ1n) is 8.43. The van der Waals surface area contributed by atoms with Crippen LogP contribution in [-0.4, -0.2) is 57.0 Å². The summed E-state index contributed by atoms with van der Waals surface area (Å²) in [6.07, 6.45) is 2.38. The van der Waals surface area contributed by atoms with Crippen molar-refractivity contribution < 1.29 is 9.84 Å². The van der Waals surface area contributed by atoms with Gasteiger partial charge >= 0.3 is 0 Å². The Morgan fingerprint density at radius 2 is 2.08 bits per heavy atom. The Balaban J connectivity index is 1.92. The largest absolute Gasteiger partial charge is 0.506 e. The molecule has 0 aliphatic rings. The van der Waals surface area contributed by atoms with Gasteiger partial charge in [-0.3, -0.25) is 9.78 Å². The maximum atomic E-state index is 12.3. The van der Waals surface area contributed by atoms with E-state index in [0.717, 1.165) is 24.1 Å². The standard InChI is InChI=1S/C18H23N5O3/c1-11-8-12(2)15(14(24)9-11)23-10-13-16(21-23)19-18(20-17(13)25)26-7-5-6-22(3)4/h8-10,24H,5-7H2,1-4H3,(H,19,20,21,25). The molecule has 8 heteroatoms. The molecule has 0 amide bonds. The topological polar surface area (TPSA) is 96.3 Å². The summed E-state index contributed by atoms with van der Waals surface area (Å²) in [7, 11) is 3.97. The van der Waals surface area contributed by atoms with Gasteiger partial charge in [-0.05, 0) is 51.6 Å². The molecule has 0 saturated carbocycles. The van der Waals surface area contributed by atoms with Crippen molar-refractivity contribution >= 4 is 11.0 Å². The lowest BCUT2D eigenvalue weighted by Crippen LogP contribution is -2.17. The predicted octanol–water partition coefficient (Wildman–Crippen LogP) is 1.76. The zero-order valence-electron chi connectivity index (χ0n) is 15.4. The molecule has 2 N–H and O–H groups in total. The van der Waals surface area contributed by atoms with Crippen molar-refractivity contribution in [1.82, 2.24) is 24.6 Å². The van der Waals surface area contributed by atoms with Crippen molar-refractivity contribution in [1.29, 1.82) is 0 Å². The van der Waals surface area contributed by atoms with Crippen LogP contribution in [0.3, 0.4) is 0 Å². The highest BCUT2D eigenvalue weighted by molar-refractivity contribution is 5.74. The van der Waals surface area contributed by atoms with Gasteiger partial charge in [0, 0.05) is 12.7 Å². The Morgan fingerprint density at radius 1 is 1.31 bits per heavy atom. The Morgan fingerprint density at radius 3 is 2.77 bits per heavy atom. The lowest BCUT2D eigenvalue weighted by atomic mass is 10.1. The van der Waals surface area contributed by atoms with Crippen molar-refractivity contribution in [2.45, 2.75) is 20.3 Å². The van der Waals surface area contributed by atoms with E-state index in [2.05, 4.69) is 20.0 Å². The summed E-state index contributed by atoms with van der Waals surface area (Å²) < 4.78 is 7.01. The number of benzene rings is 1. The highest BCUT2D eigenvalue weighted by atomic mass is 16.5. The van der Waals surface area contributed by atoms with Gasteiger partial charge in [0.2, 0.25) is 0 Å². The van der Waals surface area contributed by atoms with Crippen molar-refractivity contribution in [3.63, 3.8) is 0 Å². The molecule has 0 spiro atoms. The highest BCUT2D eigenvalue weighted by Gasteiger charge is 2.14. The number of hydrogen-bond acceptors (Lipinski definition) is 6. The summed E-state index contributed by atoms with van der Waals surface area (Å²) in [5, 5.41) is 15.0.